The van der Waals surface area contributed by atoms with Crippen LogP contribution in [0.2, 0.25) is 5.02 Å². The third-order valence-corrected chi connectivity index (χ3v) is 2.63. The summed E-state index contributed by atoms with van der Waals surface area (Å²) in [6.45, 7) is 1.32. The molecule has 0 aliphatic heterocycles. The zero-order valence-corrected chi connectivity index (χ0v) is 10.2. The molecule has 0 amide bonds. The molecular formula is C11H15Cl2NO. The molecule has 15 heavy (non-hydrogen) atoms. The van der Waals surface area contributed by atoms with Crippen LogP contribution in [0, 0.1) is 0 Å². The van der Waals surface area contributed by atoms with Crippen molar-refractivity contribution in [3.63, 3.8) is 0 Å². The molecule has 1 aromatic carbocycles. The van der Waals surface area contributed by atoms with E-state index in [9.17, 15) is 5.11 Å². The van der Waals surface area contributed by atoms with E-state index >= 15 is 0 Å². The van der Waals surface area contributed by atoms with E-state index in [0.717, 1.165) is 17.1 Å². The largest absolute Gasteiger partial charge is 0.391 e. The lowest BCUT2D eigenvalue weighted by atomic mass is 10.2. The van der Waals surface area contributed by atoms with Gasteiger partial charge in [0.2, 0.25) is 0 Å². The molecule has 0 saturated carbocycles. The molecule has 1 aromatic rings. The summed E-state index contributed by atoms with van der Waals surface area (Å²) in [5.74, 6) is 0.264. The van der Waals surface area contributed by atoms with Gasteiger partial charge in [0, 0.05) is 24.0 Å². The Hall–Kier alpha value is -0.280. The molecule has 0 saturated heterocycles. The number of aliphatic hydroxyl groups is 1. The van der Waals surface area contributed by atoms with E-state index in [-0.39, 0.29) is 5.88 Å². The van der Waals surface area contributed by atoms with Gasteiger partial charge in [-0.05, 0) is 24.7 Å². The number of rotatable bonds is 5. The lowest BCUT2D eigenvalue weighted by molar-refractivity contribution is 0.141. The standard InChI is InChI=1S/C11H15Cl2NO/c1-14(8-11(15)6-12)7-9-3-2-4-10(13)5-9/h2-5,11,15H,6-8H2,1H3. The summed E-state index contributed by atoms with van der Waals surface area (Å²) in [4.78, 5) is 2.01. The molecule has 4 heteroatoms. The van der Waals surface area contributed by atoms with Crippen LogP contribution in [0.5, 0.6) is 0 Å². The van der Waals surface area contributed by atoms with E-state index < -0.39 is 6.10 Å². The predicted octanol–water partition coefficient (Wildman–Crippen LogP) is 2.37. The Morgan fingerprint density at radius 1 is 1.47 bits per heavy atom. The van der Waals surface area contributed by atoms with E-state index in [1.165, 1.54) is 0 Å². The van der Waals surface area contributed by atoms with Crippen LogP contribution in [-0.4, -0.2) is 35.6 Å². The minimum atomic E-state index is -0.476. The van der Waals surface area contributed by atoms with Crippen molar-refractivity contribution in [2.45, 2.75) is 12.6 Å². The number of aliphatic hydroxyl groups excluding tert-OH is 1. The van der Waals surface area contributed by atoms with Crippen LogP contribution in [0.3, 0.4) is 0 Å². The Balaban J connectivity index is 2.47. The zero-order valence-electron chi connectivity index (χ0n) is 8.66. The van der Waals surface area contributed by atoms with E-state index in [2.05, 4.69) is 0 Å². The van der Waals surface area contributed by atoms with Crippen molar-refractivity contribution in [3.8, 4) is 0 Å². The van der Waals surface area contributed by atoms with E-state index in [0.29, 0.717) is 6.54 Å². The van der Waals surface area contributed by atoms with Crippen molar-refractivity contribution in [2.24, 2.45) is 0 Å². The second-order valence-electron chi connectivity index (χ2n) is 3.63. The second-order valence-corrected chi connectivity index (χ2v) is 4.38. The van der Waals surface area contributed by atoms with Crippen molar-refractivity contribution in [3.05, 3.63) is 34.9 Å². The van der Waals surface area contributed by atoms with Crippen molar-refractivity contribution in [2.75, 3.05) is 19.5 Å². The number of nitrogens with zero attached hydrogens (tertiary/aromatic N) is 1. The zero-order chi connectivity index (χ0) is 11.3. The first kappa shape index (κ1) is 12.8. The average Bonchev–Trinajstić information content (AvgIpc) is 2.17. The minimum absolute atomic E-state index is 0.264. The van der Waals surface area contributed by atoms with Gasteiger partial charge in [0.1, 0.15) is 0 Å². The summed E-state index contributed by atoms with van der Waals surface area (Å²) >= 11 is 11.4. The molecular weight excluding hydrogens is 233 g/mol. The third-order valence-electron chi connectivity index (χ3n) is 2.04. The summed E-state index contributed by atoms with van der Waals surface area (Å²) < 4.78 is 0. The molecule has 84 valence electrons. The maximum Gasteiger partial charge on any atom is 0.0802 e. The van der Waals surface area contributed by atoms with Gasteiger partial charge in [0.25, 0.3) is 0 Å². The number of hydrogen-bond acceptors (Lipinski definition) is 2. The number of hydrogen-bond donors (Lipinski definition) is 1. The van der Waals surface area contributed by atoms with E-state index in [1.54, 1.807) is 0 Å². The van der Waals surface area contributed by atoms with Crippen LogP contribution in [0.4, 0.5) is 0 Å². The minimum Gasteiger partial charge on any atom is -0.391 e. The molecule has 1 N–H and O–H groups in total. The molecule has 1 rings (SSSR count). The SMILES string of the molecule is CN(Cc1cccc(Cl)c1)CC(O)CCl. The molecule has 1 atom stereocenters. The number of likely N-dealkylation sites (N-methyl/N-ethyl adjacent to an activating group) is 1. The fourth-order valence-corrected chi connectivity index (χ4v) is 1.73. The van der Waals surface area contributed by atoms with Gasteiger partial charge >= 0.3 is 0 Å². The van der Waals surface area contributed by atoms with Crippen LogP contribution >= 0.6 is 23.2 Å². The van der Waals surface area contributed by atoms with Gasteiger partial charge in [-0.25, -0.2) is 0 Å². The van der Waals surface area contributed by atoms with Gasteiger partial charge in [0.05, 0.1) is 6.10 Å². The molecule has 0 fully saturated rings. The summed E-state index contributed by atoms with van der Waals surface area (Å²) in [7, 11) is 1.94. The number of halogens is 2. The number of benzene rings is 1. The Morgan fingerprint density at radius 3 is 2.80 bits per heavy atom. The third kappa shape index (κ3) is 4.85. The van der Waals surface area contributed by atoms with Gasteiger partial charge < -0.3 is 5.11 Å². The van der Waals surface area contributed by atoms with Crippen LogP contribution in [0.15, 0.2) is 24.3 Å². The fourth-order valence-electron chi connectivity index (χ4n) is 1.42. The van der Waals surface area contributed by atoms with Crippen molar-refractivity contribution in [1.29, 1.82) is 0 Å². The average molecular weight is 248 g/mol. The van der Waals surface area contributed by atoms with Crippen molar-refractivity contribution >= 4 is 23.2 Å². The highest BCUT2D eigenvalue weighted by atomic mass is 35.5. The molecule has 0 heterocycles. The molecule has 0 spiro atoms. The Labute approximate surface area is 100 Å². The van der Waals surface area contributed by atoms with E-state index in [4.69, 9.17) is 23.2 Å². The predicted molar refractivity (Wildman–Crippen MR) is 64.5 cm³/mol. The first-order valence-corrected chi connectivity index (χ1v) is 5.70. The molecule has 0 aliphatic rings. The second kappa shape index (κ2) is 6.33. The lowest BCUT2D eigenvalue weighted by Gasteiger charge is -2.19. The fraction of sp³-hybridized carbons (Fsp3) is 0.455. The first-order valence-electron chi connectivity index (χ1n) is 4.79. The van der Waals surface area contributed by atoms with Crippen LogP contribution in [-0.2, 0) is 6.54 Å². The molecule has 0 aromatic heterocycles. The van der Waals surface area contributed by atoms with Gasteiger partial charge in [-0.3, -0.25) is 4.90 Å². The van der Waals surface area contributed by atoms with Gasteiger partial charge in [-0.2, -0.15) is 0 Å². The van der Waals surface area contributed by atoms with Crippen molar-refractivity contribution < 1.29 is 5.11 Å². The molecule has 2 nitrogen and oxygen atoms in total. The molecule has 1 unspecified atom stereocenters. The van der Waals surface area contributed by atoms with Crippen molar-refractivity contribution in [1.82, 2.24) is 4.90 Å². The van der Waals surface area contributed by atoms with Gasteiger partial charge in [0.15, 0.2) is 0 Å². The summed E-state index contributed by atoms with van der Waals surface area (Å²) in [6.07, 6.45) is -0.476. The normalized spacial score (nSPS) is 13.1. The molecule has 0 aliphatic carbocycles. The lowest BCUT2D eigenvalue weighted by Crippen LogP contribution is -2.29. The molecule has 0 bridgehead atoms. The highest BCUT2D eigenvalue weighted by Gasteiger charge is 2.07. The number of alkyl halides is 1. The van der Waals surface area contributed by atoms with Crippen LogP contribution in [0.25, 0.3) is 0 Å². The summed E-state index contributed by atoms with van der Waals surface area (Å²) in [6, 6.07) is 7.70. The van der Waals surface area contributed by atoms with Crippen LogP contribution in [0.1, 0.15) is 5.56 Å². The van der Waals surface area contributed by atoms with Crippen LogP contribution < -0.4 is 0 Å². The Morgan fingerprint density at radius 2 is 2.20 bits per heavy atom. The Bertz CT molecular complexity index is 306. The van der Waals surface area contributed by atoms with Gasteiger partial charge in [-0.1, -0.05) is 23.7 Å². The summed E-state index contributed by atoms with van der Waals surface area (Å²) in [5.41, 5.74) is 1.13. The maximum absolute atomic E-state index is 9.36. The quantitative estimate of drug-likeness (QED) is 0.808. The highest BCUT2D eigenvalue weighted by Crippen LogP contribution is 2.12. The smallest absolute Gasteiger partial charge is 0.0802 e. The summed E-state index contributed by atoms with van der Waals surface area (Å²) in [5, 5.41) is 10.1. The molecule has 0 radical (unpaired) electrons. The monoisotopic (exact) mass is 247 g/mol. The maximum atomic E-state index is 9.36. The van der Waals surface area contributed by atoms with E-state index in [1.807, 2.05) is 36.2 Å². The Kier molecular flexibility index (Phi) is 5.40. The highest BCUT2D eigenvalue weighted by molar-refractivity contribution is 6.30. The first-order chi connectivity index (χ1) is 7.11. The van der Waals surface area contributed by atoms with Gasteiger partial charge in [-0.15, -0.1) is 11.6 Å². The topological polar surface area (TPSA) is 23.5 Å².